The molecule has 1 aromatic carbocycles. The van der Waals surface area contributed by atoms with Gasteiger partial charge in [0.25, 0.3) is 0 Å². The van der Waals surface area contributed by atoms with Gasteiger partial charge >= 0.3 is 0 Å². The van der Waals surface area contributed by atoms with Crippen LogP contribution in [0.4, 0.5) is 10.2 Å². The van der Waals surface area contributed by atoms with Crippen LogP contribution in [-0.2, 0) is 6.42 Å². The maximum Gasteiger partial charge on any atom is 0.193 e. The van der Waals surface area contributed by atoms with Gasteiger partial charge < -0.3 is 11.1 Å². The van der Waals surface area contributed by atoms with Crippen molar-refractivity contribution in [2.75, 3.05) is 11.9 Å². The molecular formula is C14H14ClFN4S. The fourth-order valence-electron chi connectivity index (χ4n) is 2.56. The van der Waals surface area contributed by atoms with Crippen molar-refractivity contribution < 1.29 is 4.39 Å². The van der Waals surface area contributed by atoms with E-state index < -0.39 is 0 Å². The first-order chi connectivity index (χ1) is 10.1. The largest absolute Gasteiger partial charge is 0.374 e. The highest BCUT2D eigenvalue weighted by Gasteiger charge is 2.23. The summed E-state index contributed by atoms with van der Waals surface area (Å²) < 4.78 is 14.8. The topological polar surface area (TPSA) is 55.9 Å². The van der Waals surface area contributed by atoms with Crippen molar-refractivity contribution in [1.82, 2.24) is 9.78 Å². The molecule has 1 aliphatic heterocycles. The normalized spacial score (nSPS) is 14.2. The van der Waals surface area contributed by atoms with E-state index in [1.807, 2.05) is 0 Å². The van der Waals surface area contributed by atoms with Gasteiger partial charge in [-0.25, -0.2) is 4.39 Å². The van der Waals surface area contributed by atoms with Crippen molar-refractivity contribution >= 4 is 34.7 Å². The summed E-state index contributed by atoms with van der Waals surface area (Å²) in [6.45, 7) is 0.845. The summed E-state index contributed by atoms with van der Waals surface area (Å²) in [5.74, 6) is 0.442. The molecule has 0 unspecified atom stereocenters. The first-order valence-corrected chi connectivity index (χ1v) is 7.47. The Morgan fingerprint density at radius 2 is 2.24 bits per heavy atom. The zero-order chi connectivity index (χ0) is 15.0. The Labute approximate surface area is 132 Å². The number of hydrogen-bond acceptors (Lipinski definition) is 3. The van der Waals surface area contributed by atoms with Crippen molar-refractivity contribution in [1.29, 1.82) is 0 Å². The lowest BCUT2D eigenvalue weighted by Crippen LogP contribution is -2.22. The van der Waals surface area contributed by atoms with E-state index in [0.717, 1.165) is 37.2 Å². The van der Waals surface area contributed by atoms with Crippen molar-refractivity contribution in [3.63, 3.8) is 0 Å². The fourth-order valence-corrected chi connectivity index (χ4v) is 2.95. The monoisotopic (exact) mass is 324 g/mol. The highest BCUT2D eigenvalue weighted by molar-refractivity contribution is 7.80. The molecule has 1 aromatic heterocycles. The van der Waals surface area contributed by atoms with Gasteiger partial charge in [0.15, 0.2) is 5.11 Å². The molecule has 2 heterocycles. The summed E-state index contributed by atoms with van der Waals surface area (Å²) in [6, 6.07) is 4.29. The lowest BCUT2D eigenvalue weighted by molar-refractivity contribution is 0.628. The van der Waals surface area contributed by atoms with E-state index in [1.54, 1.807) is 6.07 Å². The molecule has 0 fully saturated rings. The smallest absolute Gasteiger partial charge is 0.193 e. The first-order valence-electron chi connectivity index (χ1n) is 6.69. The van der Waals surface area contributed by atoms with Gasteiger partial charge in [-0.05, 0) is 49.7 Å². The molecule has 3 rings (SSSR count). The molecule has 7 heteroatoms. The minimum absolute atomic E-state index is 0.171. The number of benzene rings is 1. The maximum atomic E-state index is 13.2. The first kappa shape index (κ1) is 14.3. The van der Waals surface area contributed by atoms with E-state index in [2.05, 4.69) is 10.4 Å². The SMILES string of the molecule is NC(=S)n1nc(-c2ccc(F)cc2Cl)c2c1NCCCC2. The van der Waals surface area contributed by atoms with Crippen molar-refractivity contribution in [3.8, 4) is 11.3 Å². The van der Waals surface area contributed by atoms with Crippen LogP contribution in [0.25, 0.3) is 11.3 Å². The van der Waals surface area contributed by atoms with E-state index >= 15 is 0 Å². The lowest BCUT2D eigenvalue weighted by Gasteiger charge is -2.06. The zero-order valence-corrected chi connectivity index (χ0v) is 12.8. The number of aromatic nitrogens is 2. The third kappa shape index (κ3) is 2.61. The van der Waals surface area contributed by atoms with Crippen LogP contribution < -0.4 is 11.1 Å². The molecule has 2 aromatic rings. The Morgan fingerprint density at radius 3 is 2.95 bits per heavy atom. The summed E-state index contributed by atoms with van der Waals surface area (Å²) in [5.41, 5.74) is 8.16. The summed E-state index contributed by atoms with van der Waals surface area (Å²) in [6.07, 6.45) is 2.95. The van der Waals surface area contributed by atoms with Crippen molar-refractivity contribution in [2.45, 2.75) is 19.3 Å². The van der Waals surface area contributed by atoms with Gasteiger partial charge in [-0.3, -0.25) is 0 Å². The third-order valence-corrected chi connectivity index (χ3v) is 4.01. The van der Waals surface area contributed by atoms with Crippen LogP contribution in [0.1, 0.15) is 18.4 Å². The molecule has 110 valence electrons. The van der Waals surface area contributed by atoms with Crippen LogP contribution in [-0.4, -0.2) is 21.4 Å². The molecule has 0 aliphatic carbocycles. The fraction of sp³-hybridized carbons (Fsp3) is 0.286. The molecule has 0 radical (unpaired) electrons. The van der Waals surface area contributed by atoms with E-state index in [0.29, 0.717) is 16.3 Å². The Balaban J connectivity index is 2.20. The molecule has 0 spiro atoms. The molecule has 0 amide bonds. The van der Waals surface area contributed by atoms with E-state index in [1.165, 1.54) is 16.8 Å². The Morgan fingerprint density at radius 1 is 1.43 bits per heavy atom. The third-order valence-electron chi connectivity index (χ3n) is 3.52. The number of nitrogens with zero attached hydrogens (tertiary/aromatic N) is 2. The molecule has 0 saturated carbocycles. The highest BCUT2D eigenvalue weighted by Crippen LogP contribution is 2.35. The van der Waals surface area contributed by atoms with E-state index in [4.69, 9.17) is 29.6 Å². The average molecular weight is 325 g/mol. The van der Waals surface area contributed by atoms with Gasteiger partial charge in [0.2, 0.25) is 0 Å². The van der Waals surface area contributed by atoms with E-state index in [-0.39, 0.29) is 10.9 Å². The van der Waals surface area contributed by atoms with Crippen LogP contribution in [0.2, 0.25) is 5.02 Å². The molecule has 0 atom stereocenters. The number of rotatable bonds is 1. The van der Waals surface area contributed by atoms with Gasteiger partial charge in [-0.1, -0.05) is 11.6 Å². The van der Waals surface area contributed by atoms with Gasteiger partial charge in [-0.15, -0.1) is 0 Å². The quantitative estimate of drug-likeness (QED) is 0.791. The van der Waals surface area contributed by atoms with Crippen molar-refractivity contribution in [3.05, 3.63) is 34.6 Å². The summed E-state index contributed by atoms with van der Waals surface area (Å²) in [4.78, 5) is 0. The maximum absolute atomic E-state index is 13.2. The minimum Gasteiger partial charge on any atom is -0.374 e. The number of fused-ring (bicyclic) bond motifs is 1. The highest BCUT2D eigenvalue weighted by atomic mass is 35.5. The second-order valence-corrected chi connectivity index (χ2v) is 5.76. The van der Waals surface area contributed by atoms with Gasteiger partial charge in [0.1, 0.15) is 11.6 Å². The molecule has 1 aliphatic rings. The number of thiocarbonyl (C=S) groups is 1. The molecule has 3 N–H and O–H groups in total. The standard InChI is InChI=1S/C14H14ClFN4S/c15-11-7-8(16)4-5-9(11)12-10-3-1-2-6-18-13(10)20(19-12)14(17)21/h4-5,7,18H,1-3,6H2,(H2,17,21). The van der Waals surface area contributed by atoms with Crippen LogP contribution in [0, 0.1) is 5.82 Å². The Hall–Kier alpha value is -1.66. The van der Waals surface area contributed by atoms with Gasteiger partial charge in [-0.2, -0.15) is 9.78 Å². The second-order valence-electron chi connectivity index (χ2n) is 4.93. The molecule has 21 heavy (non-hydrogen) atoms. The molecular weight excluding hydrogens is 311 g/mol. The lowest BCUT2D eigenvalue weighted by atomic mass is 10.0. The number of hydrogen-bond donors (Lipinski definition) is 2. The van der Waals surface area contributed by atoms with Crippen LogP contribution in [0.5, 0.6) is 0 Å². The number of halogens is 2. The number of nitrogens with two attached hydrogens (primary N) is 1. The second kappa shape index (κ2) is 5.61. The van der Waals surface area contributed by atoms with Gasteiger partial charge in [0, 0.05) is 17.7 Å². The van der Waals surface area contributed by atoms with Crippen LogP contribution in [0.15, 0.2) is 18.2 Å². The number of nitrogens with one attached hydrogen (secondary N) is 1. The predicted octanol–water partition coefficient (Wildman–Crippen LogP) is 3.18. The van der Waals surface area contributed by atoms with Crippen LogP contribution in [0.3, 0.4) is 0 Å². The average Bonchev–Trinajstić information content (AvgIpc) is 2.63. The molecule has 4 nitrogen and oxygen atoms in total. The van der Waals surface area contributed by atoms with E-state index in [9.17, 15) is 4.39 Å². The number of anilines is 1. The predicted molar refractivity (Wildman–Crippen MR) is 86.2 cm³/mol. The summed E-state index contributed by atoms with van der Waals surface area (Å²) in [5, 5.41) is 8.29. The molecule has 0 bridgehead atoms. The molecule has 0 saturated heterocycles. The van der Waals surface area contributed by atoms with Crippen molar-refractivity contribution in [2.24, 2.45) is 5.73 Å². The van der Waals surface area contributed by atoms with Gasteiger partial charge in [0.05, 0.1) is 10.7 Å². The zero-order valence-electron chi connectivity index (χ0n) is 11.2. The Bertz CT molecular complexity index is 713. The summed E-state index contributed by atoms with van der Waals surface area (Å²) >= 11 is 11.2. The summed E-state index contributed by atoms with van der Waals surface area (Å²) in [7, 11) is 0. The minimum atomic E-state index is -0.373. The Kier molecular flexibility index (Phi) is 3.82. The van der Waals surface area contributed by atoms with Crippen LogP contribution >= 0.6 is 23.8 Å².